The molecule has 3 aromatic rings. The first-order valence-corrected chi connectivity index (χ1v) is 6.97. The summed E-state index contributed by atoms with van der Waals surface area (Å²) in [5, 5.41) is 0. The van der Waals surface area contributed by atoms with Crippen LogP contribution in [-0.2, 0) is 7.05 Å². The largest absolute Gasteiger partial charge is 0.213 e. The van der Waals surface area contributed by atoms with Crippen molar-refractivity contribution in [3.05, 3.63) is 78.2 Å². The van der Waals surface area contributed by atoms with Crippen molar-refractivity contribution in [3.63, 3.8) is 0 Å². The summed E-state index contributed by atoms with van der Waals surface area (Å²) in [6.45, 7) is 2.11. The number of nitrogens with zero attached hydrogens (tertiary/aromatic N) is 1. The minimum Gasteiger partial charge on any atom is -0.207 e. The summed E-state index contributed by atoms with van der Waals surface area (Å²) >= 11 is 0. The molecule has 0 radical (unpaired) electrons. The second kappa shape index (κ2) is 5.49. The van der Waals surface area contributed by atoms with E-state index >= 15 is 0 Å². The second-order valence-corrected chi connectivity index (χ2v) is 5.23. The molecular weight excluding hydrogens is 261 g/mol. The molecule has 0 amide bonds. The Morgan fingerprint density at radius 1 is 0.857 bits per heavy atom. The van der Waals surface area contributed by atoms with Gasteiger partial charge < -0.3 is 0 Å². The van der Waals surface area contributed by atoms with Crippen LogP contribution in [0.5, 0.6) is 0 Å². The number of benzene rings is 2. The summed E-state index contributed by atoms with van der Waals surface area (Å²) in [4.78, 5) is 0. The Balaban J connectivity index is 2.13. The van der Waals surface area contributed by atoms with Crippen LogP contribution in [0.15, 0.2) is 66.9 Å². The predicted molar refractivity (Wildman–Crippen MR) is 83.2 cm³/mol. The van der Waals surface area contributed by atoms with E-state index in [1.54, 1.807) is 0 Å². The highest BCUT2D eigenvalue weighted by Crippen LogP contribution is 2.25. The van der Waals surface area contributed by atoms with Crippen LogP contribution in [0.3, 0.4) is 0 Å². The third-order valence-electron chi connectivity index (χ3n) is 3.75. The lowest BCUT2D eigenvalue weighted by atomic mass is 10.0. The predicted octanol–water partition coefficient (Wildman–Crippen LogP) is 4.29. The van der Waals surface area contributed by atoms with E-state index in [-0.39, 0.29) is 5.82 Å². The second-order valence-electron chi connectivity index (χ2n) is 5.23. The van der Waals surface area contributed by atoms with Gasteiger partial charge in [0.1, 0.15) is 12.9 Å². The topological polar surface area (TPSA) is 3.88 Å². The third-order valence-corrected chi connectivity index (χ3v) is 3.75. The van der Waals surface area contributed by atoms with Crippen molar-refractivity contribution in [2.75, 3.05) is 0 Å². The molecule has 0 aliphatic carbocycles. The van der Waals surface area contributed by atoms with Crippen LogP contribution in [0.4, 0.5) is 4.39 Å². The van der Waals surface area contributed by atoms with Gasteiger partial charge >= 0.3 is 0 Å². The molecule has 0 fully saturated rings. The number of hydrogen-bond donors (Lipinski definition) is 0. The van der Waals surface area contributed by atoms with Crippen LogP contribution >= 0.6 is 0 Å². The fourth-order valence-corrected chi connectivity index (χ4v) is 2.52. The van der Waals surface area contributed by atoms with Crippen LogP contribution in [0, 0.1) is 12.7 Å². The Labute approximate surface area is 124 Å². The van der Waals surface area contributed by atoms with Gasteiger partial charge in [-0.25, -0.2) is 8.96 Å². The van der Waals surface area contributed by atoms with Crippen LogP contribution in [0.25, 0.3) is 22.4 Å². The van der Waals surface area contributed by atoms with Crippen molar-refractivity contribution >= 4 is 0 Å². The summed E-state index contributed by atoms with van der Waals surface area (Å²) in [6.07, 6.45) is 2.04. The number of hydrogen-bond acceptors (Lipinski definition) is 0. The fourth-order valence-electron chi connectivity index (χ4n) is 2.52. The van der Waals surface area contributed by atoms with Gasteiger partial charge in [0, 0.05) is 17.7 Å². The molecule has 104 valence electrons. The maximum atomic E-state index is 13.1. The first kappa shape index (κ1) is 13.5. The number of aryl methyl sites for hydroxylation is 2. The molecule has 1 aromatic heterocycles. The number of pyridine rings is 1. The summed E-state index contributed by atoms with van der Waals surface area (Å²) in [6, 6.07) is 19.1. The quantitative estimate of drug-likeness (QED) is 0.616. The van der Waals surface area contributed by atoms with E-state index in [1.807, 2.05) is 37.5 Å². The van der Waals surface area contributed by atoms with E-state index in [9.17, 15) is 4.39 Å². The summed E-state index contributed by atoms with van der Waals surface area (Å²) in [5.74, 6) is -0.209. The molecule has 3 rings (SSSR count). The van der Waals surface area contributed by atoms with Crippen LogP contribution in [-0.4, -0.2) is 0 Å². The lowest BCUT2D eigenvalue weighted by molar-refractivity contribution is -0.660. The summed E-state index contributed by atoms with van der Waals surface area (Å²) in [5.41, 5.74) is 5.71. The average Bonchev–Trinajstić information content (AvgIpc) is 2.50. The lowest BCUT2D eigenvalue weighted by Crippen LogP contribution is -2.30. The van der Waals surface area contributed by atoms with Gasteiger partial charge in [-0.1, -0.05) is 30.3 Å². The van der Waals surface area contributed by atoms with Gasteiger partial charge in [0.05, 0.1) is 0 Å². The van der Waals surface area contributed by atoms with Crippen LogP contribution < -0.4 is 4.57 Å². The van der Waals surface area contributed by atoms with Crippen molar-refractivity contribution < 1.29 is 8.96 Å². The minimum absolute atomic E-state index is 0.209. The monoisotopic (exact) mass is 278 g/mol. The first-order valence-electron chi connectivity index (χ1n) is 6.97. The molecule has 2 aromatic carbocycles. The maximum absolute atomic E-state index is 13.1. The maximum Gasteiger partial charge on any atom is 0.213 e. The highest BCUT2D eigenvalue weighted by atomic mass is 19.1. The summed E-state index contributed by atoms with van der Waals surface area (Å²) in [7, 11) is 2.04. The molecule has 0 saturated carbocycles. The van der Waals surface area contributed by atoms with E-state index in [0.717, 1.165) is 16.8 Å². The Morgan fingerprint density at radius 2 is 1.57 bits per heavy atom. The number of rotatable bonds is 2. The molecule has 21 heavy (non-hydrogen) atoms. The minimum atomic E-state index is -0.209. The van der Waals surface area contributed by atoms with Crippen molar-refractivity contribution in [1.29, 1.82) is 0 Å². The average molecular weight is 278 g/mol. The molecule has 0 N–H and O–H groups in total. The van der Waals surface area contributed by atoms with E-state index in [2.05, 4.69) is 35.8 Å². The van der Waals surface area contributed by atoms with E-state index in [1.165, 1.54) is 23.3 Å². The van der Waals surface area contributed by atoms with Gasteiger partial charge in [0.15, 0.2) is 6.20 Å². The van der Waals surface area contributed by atoms with Gasteiger partial charge in [-0.3, -0.25) is 0 Å². The van der Waals surface area contributed by atoms with Crippen LogP contribution in [0.1, 0.15) is 5.56 Å². The van der Waals surface area contributed by atoms with Crippen molar-refractivity contribution in [2.24, 2.45) is 7.05 Å². The van der Waals surface area contributed by atoms with Crippen molar-refractivity contribution in [2.45, 2.75) is 6.92 Å². The molecule has 0 saturated heterocycles. The SMILES string of the molecule is Cc1ccccc1-c1cc(-c2ccc(F)cc2)cc[n+]1C. The Kier molecular flexibility index (Phi) is 3.53. The number of aromatic nitrogens is 1. The molecule has 1 nitrogen and oxygen atoms in total. The van der Waals surface area contributed by atoms with Crippen LogP contribution in [0.2, 0.25) is 0 Å². The Bertz CT molecular complexity index is 776. The molecule has 0 atom stereocenters. The zero-order chi connectivity index (χ0) is 14.8. The van der Waals surface area contributed by atoms with Crippen molar-refractivity contribution in [3.8, 4) is 22.4 Å². The van der Waals surface area contributed by atoms with Gasteiger partial charge in [-0.2, -0.15) is 0 Å². The van der Waals surface area contributed by atoms with Gasteiger partial charge in [-0.05, 0) is 41.8 Å². The van der Waals surface area contributed by atoms with Crippen molar-refractivity contribution in [1.82, 2.24) is 0 Å². The Morgan fingerprint density at radius 3 is 2.29 bits per heavy atom. The molecule has 0 aliphatic rings. The lowest BCUT2D eigenvalue weighted by Gasteiger charge is -2.07. The molecule has 0 spiro atoms. The van der Waals surface area contributed by atoms with Gasteiger partial charge in [0.25, 0.3) is 0 Å². The zero-order valence-electron chi connectivity index (χ0n) is 12.2. The third kappa shape index (κ3) is 2.70. The molecule has 0 bridgehead atoms. The highest BCUT2D eigenvalue weighted by molar-refractivity contribution is 5.70. The normalized spacial score (nSPS) is 10.6. The van der Waals surface area contributed by atoms with E-state index < -0.39 is 0 Å². The standard InChI is InChI=1S/C19H17FN/c1-14-5-3-4-6-18(14)19-13-16(11-12-21(19)2)15-7-9-17(20)10-8-15/h3-13H,1-2H3/q+1. The van der Waals surface area contributed by atoms with Gasteiger partial charge in [0.2, 0.25) is 5.69 Å². The van der Waals surface area contributed by atoms with Gasteiger partial charge in [-0.15, -0.1) is 0 Å². The fraction of sp³-hybridized carbons (Fsp3) is 0.105. The molecular formula is C19H17FN+. The smallest absolute Gasteiger partial charge is 0.207 e. The van der Waals surface area contributed by atoms with E-state index in [4.69, 9.17) is 0 Å². The zero-order valence-corrected chi connectivity index (χ0v) is 12.2. The molecule has 1 heterocycles. The summed E-state index contributed by atoms with van der Waals surface area (Å²) < 4.78 is 15.2. The molecule has 0 aliphatic heterocycles. The van der Waals surface area contributed by atoms with E-state index in [0.29, 0.717) is 0 Å². The first-order chi connectivity index (χ1) is 10.1. The highest BCUT2D eigenvalue weighted by Gasteiger charge is 2.13. The molecule has 2 heteroatoms. The number of halogens is 1. The molecule has 0 unspecified atom stereocenters. The Hall–Kier alpha value is -2.48.